The molecular weight excluding hydrogens is 350 g/mol. The van der Waals surface area contributed by atoms with E-state index in [1.165, 1.54) is 16.2 Å². The first-order valence-electron chi connectivity index (χ1n) is 8.25. The van der Waals surface area contributed by atoms with Gasteiger partial charge in [-0.25, -0.2) is 9.88 Å². The van der Waals surface area contributed by atoms with Crippen molar-refractivity contribution in [2.45, 2.75) is 19.7 Å². The van der Waals surface area contributed by atoms with Gasteiger partial charge in [-0.15, -0.1) is 11.3 Å². The number of nitrogens with one attached hydrogen (secondary N) is 1. The van der Waals surface area contributed by atoms with Gasteiger partial charge in [-0.3, -0.25) is 9.59 Å². The average molecular weight is 365 g/mol. The number of fused-ring (bicyclic) bond motifs is 6. The summed E-state index contributed by atoms with van der Waals surface area (Å²) in [5.41, 5.74) is 4.00. The largest absolute Gasteiger partial charge is 0.380 e. The molecule has 5 rings (SSSR count). The zero-order chi connectivity index (χ0) is 18.0. The number of hydrogen-bond donors (Lipinski definition) is 1. The third-order valence-corrected chi connectivity index (χ3v) is 5.90. The second-order valence-corrected chi connectivity index (χ2v) is 7.46. The monoisotopic (exact) mass is 365 g/mol. The lowest BCUT2D eigenvalue weighted by Gasteiger charge is -2.30. The Morgan fingerprint density at radius 2 is 2.08 bits per heavy atom. The van der Waals surface area contributed by atoms with Crippen LogP contribution in [0.5, 0.6) is 0 Å². The molecule has 7 heteroatoms. The number of aromatic nitrogens is 1. The van der Waals surface area contributed by atoms with Crippen molar-refractivity contribution in [2.75, 3.05) is 12.4 Å². The molecule has 130 valence electrons. The van der Waals surface area contributed by atoms with Crippen molar-refractivity contribution in [1.29, 1.82) is 0 Å². The molecule has 4 heterocycles. The molecule has 1 atom stereocenters. The number of pyridine rings is 1. The summed E-state index contributed by atoms with van der Waals surface area (Å²) < 4.78 is 5.34. The van der Waals surface area contributed by atoms with E-state index in [4.69, 9.17) is 4.74 Å². The van der Waals surface area contributed by atoms with E-state index in [0.29, 0.717) is 17.0 Å². The van der Waals surface area contributed by atoms with Crippen LogP contribution in [0.1, 0.15) is 43.0 Å². The van der Waals surface area contributed by atoms with Gasteiger partial charge < -0.3 is 10.1 Å². The van der Waals surface area contributed by atoms with Crippen molar-refractivity contribution in [3.05, 3.63) is 57.6 Å². The average Bonchev–Trinajstić information content (AvgIpc) is 3.13. The minimum atomic E-state index is -0.479. The number of methoxy groups -OCH3 is 1. The molecule has 2 aliphatic rings. The van der Waals surface area contributed by atoms with Gasteiger partial charge in [0.25, 0.3) is 11.8 Å². The summed E-state index contributed by atoms with van der Waals surface area (Å²) in [7, 11) is 1.65. The lowest BCUT2D eigenvalue weighted by Crippen LogP contribution is -2.41. The molecule has 0 saturated heterocycles. The normalized spacial score (nSPS) is 17.9. The number of amides is 2. The van der Waals surface area contributed by atoms with Gasteiger partial charge in [0.1, 0.15) is 15.9 Å². The van der Waals surface area contributed by atoms with E-state index in [9.17, 15) is 9.59 Å². The van der Waals surface area contributed by atoms with E-state index < -0.39 is 6.17 Å². The van der Waals surface area contributed by atoms with Crippen LogP contribution in [0, 0.1) is 6.92 Å². The van der Waals surface area contributed by atoms with E-state index >= 15 is 0 Å². The number of carbonyl (C=O) groups excluding carboxylic acids is 2. The molecule has 0 bridgehead atoms. The first kappa shape index (κ1) is 15.5. The molecule has 1 aromatic carbocycles. The Kier molecular flexibility index (Phi) is 3.19. The van der Waals surface area contributed by atoms with Crippen molar-refractivity contribution in [2.24, 2.45) is 0 Å². The smallest absolute Gasteiger partial charge is 0.275 e. The Hall–Kier alpha value is -2.77. The van der Waals surface area contributed by atoms with E-state index in [1.54, 1.807) is 13.2 Å². The highest BCUT2D eigenvalue weighted by molar-refractivity contribution is 7.21. The van der Waals surface area contributed by atoms with Crippen LogP contribution in [0.3, 0.4) is 0 Å². The fraction of sp³-hybridized carbons (Fsp3) is 0.211. The summed E-state index contributed by atoms with van der Waals surface area (Å²) in [6, 6.07) is 9.32. The first-order valence-corrected chi connectivity index (χ1v) is 9.07. The summed E-state index contributed by atoms with van der Waals surface area (Å²) in [5.74, 6) is -0.526. The Labute approximate surface area is 153 Å². The summed E-state index contributed by atoms with van der Waals surface area (Å²) >= 11 is 1.32. The topological polar surface area (TPSA) is 71.5 Å². The van der Waals surface area contributed by atoms with Gasteiger partial charge in [-0.2, -0.15) is 0 Å². The lowest BCUT2D eigenvalue weighted by molar-refractivity contribution is 0.0589. The minimum Gasteiger partial charge on any atom is -0.380 e. The van der Waals surface area contributed by atoms with Crippen LogP contribution in [0.25, 0.3) is 10.2 Å². The van der Waals surface area contributed by atoms with Gasteiger partial charge in [0.05, 0.1) is 12.3 Å². The Morgan fingerprint density at radius 3 is 2.88 bits per heavy atom. The van der Waals surface area contributed by atoms with Crippen molar-refractivity contribution in [1.82, 2.24) is 9.88 Å². The van der Waals surface area contributed by atoms with Gasteiger partial charge >= 0.3 is 0 Å². The molecule has 0 saturated carbocycles. The van der Waals surface area contributed by atoms with Gasteiger partial charge in [-0.1, -0.05) is 18.2 Å². The van der Waals surface area contributed by atoms with Gasteiger partial charge in [0.2, 0.25) is 0 Å². The molecule has 2 aliphatic heterocycles. The zero-order valence-electron chi connectivity index (χ0n) is 14.2. The highest BCUT2D eigenvalue weighted by Crippen LogP contribution is 2.47. The number of thiophene rings is 1. The predicted octanol–water partition coefficient (Wildman–Crippen LogP) is 3.47. The third kappa shape index (κ3) is 1.92. The lowest BCUT2D eigenvalue weighted by atomic mass is 10.1. The van der Waals surface area contributed by atoms with Crippen molar-refractivity contribution in [3.63, 3.8) is 0 Å². The summed E-state index contributed by atoms with van der Waals surface area (Å²) in [4.78, 5) is 33.0. The number of imide groups is 1. The highest BCUT2D eigenvalue weighted by Gasteiger charge is 2.46. The van der Waals surface area contributed by atoms with E-state index in [0.717, 1.165) is 32.7 Å². The highest BCUT2D eigenvalue weighted by atomic mass is 32.1. The van der Waals surface area contributed by atoms with Crippen molar-refractivity contribution in [3.8, 4) is 0 Å². The van der Waals surface area contributed by atoms with E-state index in [-0.39, 0.29) is 11.8 Å². The van der Waals surface area contributed by atoms with Crippen LogP contribution < -0.4 is 5.32 Å². The molecule has 6 nitrogen and oxygen atoms in total. The maximum absolute atomic E-state index is 13.1. The first-order chi connectivity index (χ1) is 12.6. The number of ether oxygens (including phenoxy) is 1. The number of carbonyl (C=O) groups is 2. The summed E-state index contributed by atoms with van der Waals surface area (Å²) in [5, 5.41) is 4.32. The van der Waals surface area contributed by atoms with Crippen LogP contribution in [0.4, 0.5) is 5.69 Å². The molecule has 2 aromatic heterocycles. The predicted molar refractivity (Wildman–Crippen MR) is 98.4 cm³/mol. The second kappa shape index (κ2) is 5.36. The minimum absolute atomic E-state index is 0.257. The Bertz CT molecular complexity index is 1100. The second-order valence-electron chi connectivity index (χ2n) is 6.46. The maximum atomic E-state index is 13.1. The van der Waals surface area contributed by atoms with E-state index in [1.807, 2.05) is 31.2 Å². The number of aryl methyl sites for hydroxylation is 1. The number of hydrogen-bond acceptors (Lipinski definition) is 6. The SMILES string of the molecule is COCc1cc(C)nc2sc3c(c12)N[C@H]1c2ccccc2C(=O)N1C3=O. The van der Waals surface area contributed by atoms with Crippen LogP contribution in [-0.2, 0) is 11.3 Å². The number of nitrogens with zero attached hydrogens (tertiary/aromatic N) is 2. The molecular formula is C19H15N3O3S. The summed E-state index contributed by atoms with van der Waals surface area (Å²) in [6.45, 7) is 2.35. The molecule has 2 amide bonds. The molecule has 0 radical (unpaired) electrons. The van der Waals surface area contributed by atoms with Crippen molar-refractivity contribution < 1.29 is 14.3 Å². The molecule has 0 unspecified atom stereocenters. The number of anilines is 1. The van der Waals surface area contributed by atoms with Crippen LogP contribution in [0.15, 0.2) is 30.3 Å². The summed E-state index contributed by atoms with van der Waals surface area (Å²) in [6.07, 6.45) is -0.479. The molecule has 0 spiro atoms. The van der Waals surface area contributed by atoms with Gasteiger partial charge in [0.15, 0.2) is 0 Å². The standard InChI is InChI=1S/C19H15N3O3S/c1-9-7-10(8-25-2)13-14-15(26-17(13)20-9)19(24)22-16(21-14)11-5-3-4-6-12(11)18(22)23/h3-7,16,21H,8H2,1-2H3/t16-/m1/s1. The molecule has 3 aromatic rings. The fourth-order valence-electron chi connectivity index (χ4n) is 3.78. The van der Waals surface area contributed by atoms with Crippen molar-refractivity contribution >= 4 is 39.1 Å². The van der Waals surface area contributed by atoms with Crippen LogP contribution in [0.2, 0.25) is 0 Å². The van der Waals surface area contributed by atoms with E-state index in [2.05, 4.69) is 10.3 Å². The Morgan fingerprint density at radius 1 is 1.27 bits per heavy atom. The fourth-order valence-corrected chi connectivity index (χ4v) is 4.95. The third-order valence-electron chi connectivity index (χ3n) is 4.83. The van der Waals surface area contributed by atoms with Gasteiger partial charge in [-0.05, 0) is 24.6 Å². The van der Waals surface area contributed by atoms with Gasteiger partial charge in [0, 0.05) is 29.3 Å². The number of rotatable bonds is 2. The molecule has 0 fully saturated rings. The Balaban J connectivity index is 1.75. The molecule has 1 N–H and O–H groups in total. The molecule has 26 heavy (non-hydrogen) atoms. The molecule has 0 aliphatic carbocycles. The zero-order valence-corrected chi connectivity index (χ0v) is 15.0. The maximum Gasteiger partial charge on any atom is 0.275 e. The van der Waals surface area contributed by atoms with Crippen LogP contribution in [-0.4, -0.2) is 28.8 Å². The quantitative estimate of drug-likeness (QED) is 0.704. The number of benzene rings is 1. The van der Waals surface area contributed by atoms with Crippen LogP contribution >= 0.6 is 11.3 Å².